The Morgan fingerprint density at radius 2 is 2.13 bits per heavy atom. The molecule has 0 saturated carbocycles. The summed E-state index contributed by atoms with van der Waals surface area (Å²) < 4.78 is 5.29. The Kier molecular flexibility index (Phi) is 4.57. The van der Waals surface area contributed by atoms with Crippen molar-refractivity contribution in [3.8, 4) is 0 Å². The van der Waals surface area contributed by atoms with E-state index in [-0.39, 0.29) is 12.3 Å². The SMILES string of the molecule is NC(=O)C1CC(C(=O)NCC2CCOC2)=NN1c1ccccc1. The minimum Gasteiger partial charge on any atom is -0.381 e. The molecule has 2 aliphatic rings. The van der Waals surface area contributed by atoms with E-state index in [0.29, 0.717) is 24.8 Å². The largest absolute Gasteiger partial charge is 0.381 e. The first-order valence-corrected chi connectivity index (χ1v) is 7.72. The number of primary amides is 1. The van der Waals surface area contributed by atoms with Gasteiger partial charge >= 0.3 is 0 Å². The molecule has 3 rings (SSSR count). The first kappa shape index (κ1) is 15.5. The van der Waals surface area contributed by atoms with E-state index < -0.39 is 11.9 Å². The summed E-state index contributed by atoms with van der Waals surface area (Å²) in [5.41, 5.74) is 6.53. The predicted molar refractivity (Wildman–Crippen MR) is 85.9 cm³/mol. The molecule has 1 saturated heterocycles. The van der Waals surface area contributed by atoms with Crippen LogP contribution in [0.5, 0.6) is 0 Å². The van der Waals surface area contributed by atoms with Crippen molar-refractivity contribution in [2.24, 2.45) is 16.8 Å². The second-order valence-corrected chi connectivity index (χ2v) is 5.79. The topological polar surface area (TPSA) is 97.0 Å². The molecule has 1 fully saturated rings. The minimum atomic E-state index is -0.632. The van der Waals surface area contributed by atoms with E-state index in [1.807, 2.05) is 30.3 Å². The molecular formula is C16H20N4O3. The highest BCUT2D eigenvalue weighted by Gasteiger charge is 2.35. The van der Waals surface area contributed by atoms with Crippen molar-refractivity contribution in [3.63, 3.8) is 0 Å². The number of nitrogens with one attached hydrogen (secondary N) is 1. The number of hydrogen-bond donors (Lipinski definition) is 2. The molecule has 0 radical (unpaired) electrons. The highest BCUT2D eigenvalue weighted by atomic mass is 16.5. The Labute approximate surface area is 134 Å². The second kappa shape index (κ2) is 6.78. The monoisotopic (exact) mass is 316 g/mol. The van der Waals surface area contributed by atoms with Gasteiger partial charge in [0, 0.05) is 25.5 Å². The summed E-state index contributed by atoms with van der Waals surface area (Å²) in [6.45, 7) is 1.98. The van der Waals surface area contributed by atoms with Gasteiger partial charge in [-0.15, -0.1) is 0 Å². The van der Waals surface area contributed by atoms with E-state index in [4.69, 9.17) is 10.5 Å². The van der Waals surface area contributed by atoms with Crippen LogP contribution < -0.4 is 16.1 Å². The summed E-state index contributed by atoms with van der Waals surface area (Å²) in [4.78, 5) is 24.0. The molecule has 2 atom stereocenters. The van der Waals surface area contributed by atoms with Gasteiger partial charge in [0.2, 0.25) is 5.91 Å². The number of rotatable bonds is 5. The molecule has 2 amide bonds. The van der Waals surface area contributed by atoms with Crippen LogP contribution in [0.4, 0.5) is 5.69 Å². The number of nitrogens with two attached hydrogens (primary N) is 1. The number of nitrogens with zero attached hydrogens (tertiary/aromatic N) is 2. The molecule has 3 N–H and O–H groups in total. The summed E-state index contributed by atoms with van der Waals surface area (Å²) in [5.74, 6) is -0.399. The number of carbonyl (C=O) groups is 2. The number of hydrazone groups is 1. The average Bonchev–Trinajstić information content (AvgIpc) is 3.23. The number of carbonyl (C=O) groups excluding carboxylic acids is 2. The smallest absolute Gasteiger partial charge is 0.267 e. The van der Waals surface area contributed by atoms with Gasteiger partial charge in [-0.05, 0) is 18.6 Å². The van der Waals surface area contributed by atoms with Gasteiger partial charge in [0.15, 0.2) is 0 Å². The zero-order chi connectivity index (χ0) is 16.2. The first-order valence-electron chi connectivity index (χ1n) is 7.72. The fraction of sp³-hybridized carbons (Fsp3) is 0.438. The molecule has 122 valence electrons. The lowest BCUT2D eigenvalue weighted by Gasteiger charge is -2.20. The summed E-state index contributed by atoms with van der Waals surface area (Å²) in [6.07, 6.45) is 1.17. The van der Waals surface area contributed by atoms with Crippen LogP contribution in [-0.2, 0) is 14.3 Å². The number of ether oxygens (including phenoxy) is 1. The molecule has 0 aliphatic carbocycles. The summed E-state index contributed by atoms with van der Waals surface area (Å²) >= 11 is 0. The Bertz CT molecular complexity index is 611. The van der Waals surface area contributed by atoms with Gasteiger partial charge in [0.1, 0.15) is 11.8 Å². The third kappa shape index (κ3) is 3.50. The predicted octanol–water partition coefficient (Wildman–Crippen LogP) is 0.259. The summed E-state index contributed by atoms with van der Waals surface area (Å²) in [5, 5.41) is 8.71. The maximum atomic E-state index is 12.3. The Morgan fingerprint density at radius 3 is 2.78 bits per heavy atom. The van der Waals surface area contributed by atoms with Gasteiger partial charge in [0.05, 0.1) is 12.3 Å². The van der Waals surface area contributed by atoms with E-state index >= 15 is 0 Å². The third-order valence-corrected chi connectivity index (χ3v) is 4.10. The van der Waals surface area contributed by atoms with Crippen molar-refractivity contribution in [1.29, 1.82) is 0 Å². The van der Waals surface area contributed by atoms with Crippen LogP contribution in [0.15, 0.2) is 35.4 Å². The standard InChI is InChI=1S/C16H20N4O3/c17-15(21)14-8-13(16(22)18-9-11-6-7-23-10-11)19-20(14)12-4-2-1-3-5-12/h1-5,11,14H,6-10H2,(H2,17,21)(H,18,22). The van der Waals surface area contributed by atoms with E-state index in [9.17, 15) is 9.59 Å². The molecule has 0 aromatic heterocycles. The van der Waals surface area contributed by atoms with Crippen molar-refractivity contribution < 1.29 is 14.3 Å². The maximum absolute atomic E-state index is 12.3. The normalized spacial score (nSPS) is 23.7. The molecule has 2 heterocycles. The first-order chi connectivity index (χ1) is 11.1. The second-order valence-electron chi connectivity index (χ2n) is 5.79. The molecule has 0 bridgehead atoms. The summed E-state index contributed by atoms with van der Waals surface area (Å²) in [6, 6.07) is 8.60. The van der Waals surface area contributed by atoms with Gasteiger partial charge in [-0.2, -0.15) is 5.10 Å². The Morgan fingerprint density at radius 1 is 1.35 bits per heavy atom. The average molecular weight is 316 g/mol. The lowest BCUT2D eigenvalue weighted by atomic mass is 10.1. The van der Waals surface area contributed by atoms with Crippen molar-refractivity contribution in [2.45, 2.75) is 18.9 Å². The number of para-hydroxylation sites is 1. The van der Waals surface area contributed by atoms with E-state index in [1.165, 1.54) is 5.01 Å². The van der Waals surface area contributed by atoms with E-state index in [1.54, 1.807) is 0 Å². The van der Waals surface area contributed by atoms with Crippen molar-refractivity contribution in [1.82, 2.24) is 5.32 Å². The number of benzene rings is 1. The highest BCUT2D eigenvalue weighted by Crippen LogP contribution is 2.24. The van der Waals surface area contributed by atoms with Gasteiger partial charge in [0.25, 0.3) is 5.91 Å². The van der Waals surface area contributed by atoms with Crippen LogP contribution in [-0.4, -0.2) is 43.3 Å². The summed E-state index contributed by atoms with van der Waals surface area (Å²) in [7, 11) is 0. The Balaban J connectivity index is 1.69. The molecule has 0 spiro atoms. The molecule has 7 nitrogen and oxygen atoms in total. The maximum Gasteiger partial charge on any atom is 0.267 e. The number of hydrogen-bond acceptors (Lipinski definition) is 5. The van der Waals surface area contributed by atoms with E-state index in [0.717, 1.165) is 18.7 Å². The van der Waals surface area contributed by atoms with Crippen LogP contribution in [0, 0.1) is 5.92 Å². The van der Waals surface area contributed by atoms with Gasteiger partial charge in [-0.1, -0.05) is 18.2 Å². The van der Waals surface area contributed by atoms with Gasteiger partial charge in [-0.3, -0.25) is 14.6 Å². The van der Waals surface area contributed by atoms with Crippen LogP contribution in [0.3, 0.4) is 0 Å². The minimum absolute atomic E-state index is 0.219. The molecule has 2 unspecified atom stereocenters. The highest BCUT2D eigenvalue weighted by molar-refractivity contribution is 6.40. The molecule has 1 aromatic carbocycles. The third-order valence-electron chi connectivity index (χ3n) is 4.10. The van der Waals surface area contributed by atoms with Crippen LogP contribution in [0.2, 0.25) is 0 Å². The fourth-order valence-corrected chi connectivity index (χ4v) is 2.77. The lowest BCUT2D eigenvalue weighted by molar-refractivity contribution is -0.119. The van der Waals surface area contributed by atoms with E-state index in [2.05, 4.69) is 10.4 Å². The van der Waals surface area contributed by atoms with Crippen LogP contribution in [0.25, 0.3) is 0 Å². The van der Waals surface area contributed by atoms with Crippen molar-refractivity contribution in [3.05, 3.63) is 30.3 Å². The van der Waals surface area contributed by atoms with Crippen molar-refractivity contribution >= 4 is 23.2 Å². The van der Waals surface area contributed by atoms with Crippen LogP contribution in [0.1, 0.15) is 12.8 Å². The number of anilines is 1. The number of amides is 2. The van der Waals surface area contributed by atoms with Crippen molar-refractivity contribution in [2.75, 3.05) is 24.8 Å². The molecule has 7 heteroatoms. The van der Waals surface area contributed by atoms with Gasteiger partial charge in [-0.25, -0.2) is 0 Å². The quantitative estimate of drug-likeness (QED) is 0.814. The zero-order valence-electron chi connectivity index (χ0n) is 12.8. The van der Waals surface area contributed by atoms with Crippen LogP contribution >= 0.6 is 0 Å². The molecule has 1 aromatic rings. The van der Waals surface area contributed by atoms with Gasteiger partial charge < -0.3 is 15.8 Å². The fourth-order valence-electron chi connectivity index (χ4n) is 2.77. The molecular weight excluding hydrogens is 296 g/mol. The molecule has 23 heavy (non-hydrogen) atoms. The zero-order valence-corrected chi connectivity index (χ0v) is 12.8. The molecule has 2 aliphatic heterocycles. The lowest BCUT2D eigenvalue weighted by Crippen LogP contribution is -2.40. The Hall–Kier alpha value is -2.41.